The minimum atomic E-state index is -0.225. The van der Waals surface area contributed by atoms with Crippen molar-refractivity contribution in [3.05, 3.63) is 71.3 Å². The molecule has 0 unspecified atom stereocenters. The molecule has 1 heterocycles. The van der Waals surface area contributed by atoms with Crippen LogP contribution < -0.4 is 4.90 Å². The molecule has 5 nitrogen and oxygen atoms in total. The fraction of sp³-hybridized carbons (Fsp3) is 0.211. The van der Waals surface area contributed by atoms with Crippen LogP contribution in [0, 0.1) is 6.92 Å². The molecule has 2 aromatic carbocycles. The molecule has 0 bridgehead atoms. The molecule has 0 aliphatic heterocycles. The SMILES string of the molecule is Cc1nc(C(=O)N(c2ccccc2)C(C)C)nn1-c1ccc(Cl)cc1. The van der Waals surface area contributed by atoms with Gasteiger partial charge in [-0.3, -0.25) is 4.79 Å². The van der Waals surface area contributed by atoms with Crippen molar-refractivity contribution in [3.63, 3.8) is 0 Å². The molecule has 128 valence electrons. The zero-order chi connectivity index (χ0) is 18.0. The van der Waals surface area contributed by atoms with Crippen LogP contribution in [0.15, 0.2) is 54.6 Å². The van der Waals surface area contributed by atoms with E-state index in [1.807, 2.05) is 63.2 Å². The Morgan fingerprint density at radius 3 is 2.32 bits per heavy atom. The molecule has 0 aliphatic rings. The number of aryl methyl sites for hydroxylation is 1. The van der Waals surface area contributed by atoms with Crippen molar-refractivity contribution < 1.29 is 4.79 Å². The first-order chi connectivity index (χ1) is 12.0. The Labute approximate surface area is 151 Å². The van der Waals surface area contributed by atoms with Crippen LogP contribution in [0.25, 0.3) is 5.69 Å². The van der Waals surface area contributed by atoms with Gasteiger partial charge in [0, 0.05) is 16.8 Å². The standard InChI is InChI=1S/C19H19ClN4O/c1-13(2)23(16-7-5-4-6-8-16)19(25)18-21-14(3)24(22-18)17-11-9-15(20)10-12-17/h4-13H,1-3H3. The number of benzene rings is 2. The topological polar surface area (TPSA) is 51.0 Å². The predicted octanol–water partition coefficient (Wildman–Crippen LogP) is 4.28. The molecule has 0 saturated carbocycles. The van der Waals surface area contributed by atoms with Gasteiger partial charge in [-0.15, -0.1) is 5.10 Å². The van der Waals surface area contributed by atoms with Gasteiger partial charge < -0.3 is 4.90 Å². The fourth-order valence-corrected chi connectivity index (χ4v) is 2.78. The van der Waals surface area contributed by atoms with Gasteiger partial charge in [0.05, 0.1) is 5.69 Å². The Balaban J connectivity index is 1.97. The van der Waals surface area contributed by atoms with Gasteiger partial charge in [0.25, 0.3) is 5.91 Å². The van der Waals surface area contributed by atoms with Gasteiger partial charge in [-0.2, -0.15) is 0 Å². The first-order valence-corrected chi connectivity index (χ1v) is 8.43. The highest BCUT2D eigenvalue weighted by Gasteiger charge is 2.25. The Kier molecular flexibility index (Phi) is 4.86. The lowest BCUT2D eigenvalue weighted by Crippen LogP contribution is -2.37. The maximum atomic E-state index is 13.0. The number of hydrogen-bond acceptors (Lipinski definition) is 3. The van der Waals surface area contributed by atoms with Crippen molar-refractivity contribution in [2.45, 2.75) is 26.8 Å². The largest absolute Gasteiger partial charge is 0.303 e. The molecular formula is C19H19ClN4O. The summed E-state index contributed by atoms with van der Waals surface area (Å²) in [5.74, 6) is 0.587. The number of carbonyl (C=O) groups is 1. The van der Waals surface area contributed by atoms with Gasteiger partial charge in [-0.25, -0.2) is 9.67 Å². The molecule has 1 aromatic heterocycles. The number of halogens is 1. The molecular weight excluding hydrogens is 336 g/mol. The predicted molar refractivity (Wildman–Crippen MR) is 99.5 cm³/mol. The molecule has 6 heteroatoms. The summed E-state index contributed by atoms with van der Waals surface area (Å²) in [4.78, 5) is 19.1. The molecule has 0 aliphatic carbocycles. The van der Waals surface area contributed by atoms with E-state index in [1.54, 1.807) is 21.7 Å². The normalized spacial score (nSPS) is 10.9. The number of rotatable bonds is 4. The van der Waals surface area contributed by atoms with Crippen molar-refractivity contribution in [1.29, 1.82) is 0 Å². The number of aromatic nitrogens is 3. The summed E-state index contributed by atoms with van der Waals surface area (Å²) in [6.45, 7) is 5.75. The maximum Gasteiger partial charge on any atom is 0.298 e. The van der Waals surface area contributed by atoms with Crippen LogP contribution in [-0.2, 0) is 0 Å². The Hall–Kier alpha value is -2.66. The lowest BCUT2D eigenvalue weighted by Gasteiger charge is -2.25. The third-order valence-corrected chi connectivity index (χ3v) is 4.05. The average molecular weight is 355 g/mol. The molecule has 1 amide bonds. The molecule has 0 atom stereocenters. The van der Waals surface area contributed by atoms with Crippen LogP contribution in [0.4, 0.5) is 5.69 Å². The number of nitrogens with zero attached hydrogens (tertiary/aromatic N) is 4. The van der Waals surface area contributed by atoms with E-state index < -0.39 is 0 Å². The third-order valence-electron chi connectivity index (χ3n) is 3.80. The second-order valence-corrected chi connectivity index (χ2v) is 6.41. The molecule has 0 N–H and O–H groups in total. The van der Waals surface area contributed by atoms with Gasteiger partial charge in [-0.1, -0.05) is 29.8 Å². The third kappa shape index (κ3) is 3.56. The van der Waals surface area contributed by atoms with Crippen LogP contribution in [0.1, 0.15) is 30.3 Å². The van der Waals surface area contributed by atoms with Crippen molar-refractivity contribution in [2.24, 2.45) is 0 Å². The lowest BCUT2D eigenvalue weighted by atomic mass is 10.2. The van der Waals surface area contributed by atoms with Crippen molar-refractivity contribution in [3.8, 4) is 5.69 Å². The zero-order valence-corrected chi connectivity index (χ0v) is 15.1. The van der Waals surface area contributed by atoms with Crippen LogP contribution in [0.3, 0.4) is 0 Å². The van der Waals surface area contributed by atoms with Crippen molar-refractivity contribution in [1.82, 2.24) is 14.8 Å². The van der Waals surface area contributed by atoms with E-state index in [-0.39, 0.29) is 17.8 Å². The van der Waals surface area contributed by atoms with E-state index in [0.717, 1.165) is 11.4 Å². The highest BCUT2D eigenvalue weighted by Crippen LogP contribution is 2.20. The Morgan fingerprint density at radius 2 is 1.72 bits per heavy atom. The van der Waals surface area contributed by atoms with E-state index in [2.05, 4.69) is 10.1 Å². The number of para-hydroxylation sites is 1. The molecule has 3 rings (SSSR count). The number of anilines is 1. The summed E-state index contributed by atoms with van der Waals surface area (Å²) in [6, 6.07) is 16.8. The molecule has 0 radical (unpaired) electrons. The summed E-state index contributed by atoms with van der Waals surface area (Å²) in [5.41, 5.74) is 1.63. The van der Waals surface area contributed by atoms with E-state index in [1.165, 1.54) is 0 Å². The minimum Gasteiger partial charge on any atom is -0.303 e. The van der Waals surface area contributed by atoms with Gasteiger partial charge in [0.15, 0.2) is 0 Å². The summed E-state index contributed by atoms with van der Waals surface area (Å²) in [6.07, 6.45) is 0. The number of amides is 1. The van der Waals surface area contributed by atoms with Gasteiger partial charge in [-0.05, 0) is 57.2 Å². The smallest absolute Gasteiger partial charge is 0.298 e. The second kappa shape index (κ2) is 7.07. The molecule has 3 aromatic rings. The van der Waals surface area contributed by atoms with Crippen LogP contribution in [0.2, 0.25) is 5.02 Å². The van der Waals surface area contributed by atoms with Crippen LogP contribution in [0.5, 0.6) is 0 Å². The average Bonchev–Trinajstić information content (AvgIpc) is 2.98. The Morgan fingerprint density at radius 1 is 1.08 bits per heavy atom. The first-order valence-electron chi connectivity index (χ1n) is 8.05. The lowest BCUT2D eigenvalue weighted by molar-refractivity contribution is 0.0970. The quantitative estimate of drug-likeness (QED) is 0.702. The maximum absolute atomic E-state index is 13.0. The van der Waals surface area contributed by atoms with E-state index in [0.29, 0.717) is 10.8 Å². The summed E-state index contributed by atoms with van der Waals surface area (Å²) < 4.78 is 1.65. The zero-order valence-electron chi connectivity index (χ0n) is 14.3. The van der Waals surface area contributed by atoms with E-state index >= 15 is 0 Å². The fourth-order valence-electron chi connectivity index (χ4n) is 2.65. The first kappa shape index (κ1) is 17.2. The number of carbonyl (C=O) groups excluding carboxylic acids is 1. The Bertz CT molecular complexity index is 872. The minimum absolute atomic E-state index is 0.0160. The molecule has 0 fully saturated rings. The monoisotopic (exact) mass is 354 g/mol. The van der Waals surface area contributed by atoms with Crippen molar-refractivity contribution >= 4 is 23.2 Å². The van der Waals surface area contributed by atoms with Crippen LogP contribution >= 0.6 is 11.6 Å². The highest BCUT2D eigenvalue weighted by molar-refractivity contribution is 6.30. The number of hydrogen-bond donors (Lipinski definition) is 0. The highest BCUT2D eigenvalue weighted by atomic mass is 35.5. The van der Waals surface area contributed by atoms with Crippen LogP contribution in [-0.4, -0.2) is 26.7 Å². The van der Waals surface area contributed by atoms with Gasteiger partial charge in [0.2, 0.25) is 5.82 Å². The summed E-state index contributed by atoms with van der Waals surface area (Å²) in [7, 11) is 0. The molecule has 0 saturated heterocycles. The van der Waals surface area contributed by atoms with E-state index in [9.17, 15) is 4.79 Å². The molecule has 25 heavy (non-hydrogen) atoms. The van der Waals surface area contributed by atoms with E-state index in [4.69, 9.17) is 11.6 Å². The molecule has 0 spiro atoms. The summed E-state index contributed by atoms with van der Waals surface area (Å²) in [5, 5.41) is 5.06. The summed E-state index contributed by atoms with van der Waals surface area (Å²) >= 11 is 5.93. The van der Waals surface area contributed by atoms with Gasteiger partial charge >= 0.3 is 0 Å². The van der Waals surface area contributed by atoms with Crippen molar-refractivity contribution in [2.75, 3.05) is 4.90 Å². The van der Waals surface area contributed by atoms with Gasteiger partial charge in [0.1, 0.15) is 5.82 Å². The second-order valence-electron chi connectivity index (χ2n) is 5.98.